The van der Waals surface area contributed by atoms with Crippen LogP contribution >= 0.6 is 0 Å². The molecule has 1 saturated carbocycles. The maximum atomic E-state index is 5.96. The van der Waals surface area contributed by atoms with E-state index in [9.17, 15) is 0 Å². The number of aromatic amines is 1. The average molecular weight is 230 g/mol. The highest BCUT2D eigenvalue weighted by molar-refractivity contribution is 5.82. The molecule has 2 aromatic heterocycles. The Balaban J connectivity index is 1.69. The molecule has 0 unspecified atom stereocenters. The third-order valence-electron chi connectivity index (χ3n) is 3.62. The molecule has 0 amide bonds. The van der Waals surface area contributed by atoms with Gasteiger partial charge in [-0.1, -0.05) is 19.3 Å². The largest absolute Gasteiger partial charge is 0.492 e. The van der Waals surface area contributed by atoms with Gasteiger partial charge in [-0.2, -0.15) is 0 Å². The van der Waals surface area contributed by atoms with E-state index >= 15 is 0 Å². The van der Waals surface area contributed by atoms with Crippen molar-refractivity contribution in [3.8, 4) is 5.75 Å². The van der Waals surface area contributed by atoms with Gasteiger partial charge in [-0.3, -0.25) is 0 Å². The van der Waals surface area contributed by atoms with Gasteiger partial charge in [0.2, 0.25) is 0 Å². The van der Waals surface area contributed by atoms with E-state index in [1.54, 1.807) is 6.20 Å². The highest BCUT2D eigenvalue weighted by atomic mass is 16.5. The summed E-state index contributed by atoms with van der Waals surface area (Å²) in [6, 6.07) is 3.98. The number of hydrogen-bond acceptors (Lipinski definition) is 2. The van der Waals surface area contributed by atoms with E-state index < -0.39 is 0 Å². The fourth-order valence-electron chi connectivity index (χ4n) is 2.62. The number of hydrogen-bond donors (Lipinski definition) is 1. The van der Waals surface area contributed by atoms with Crippen LogP contribution in [0.25, 0.3) is 11.0 Å². The van der Waals surface area contributed by atoms with Crippen LogP contribution in [0.5, 0.6) is 5.75 Å². The molecule has 0 aliphatic heterocycles. The molecule has 3 heteroatoms. The van der Waals surface area contributed by atoms with Crippen molar-refractivity contribution >= 4 is 11.0 Å². The van der Waals surface area contributed by atoms with Crippen LogP contribution in [0.3, 0.4) is 0 Å². The molecule has 0 atom stereocenters. The quantitative estimate of drug-likeness (QED) is 0.876. The molecule has 17 heavy (non-hydrogen) atoms. The average Bonchev–Trinajstić information content (AvgIpc) is 2.86. The van der Waals surface area contributed by atoms with Gasteiger partial charge in [-0.25, -0.2) is 4.98 Å². The monoisotopic (exact) mass is 230 g/mol. The van der Waals surface area contributed by atoms with Crippen LogP contribution in [0.4, 0.5) is 0 Å². The summed E-state index contributed by atoms with van der Waals surface area (Å²) in [5.41, 5.74) is 0.908. The van der Waals surface area contributed by atoms with Gasteiger partial charge in [0.15, 0.2) is 0 Å². The fraction of sp³-hybridized carbons (Fsp3) is 0.500. The summed E-state index contributed by atoms with van der Waals surface area (Å²) in [5, 5.41) is 1.09. The number of ether oxygens (including phenoxy) is 1. The molecule has 0 bridgehead atoms. The summed E-state index contributed by atoms with van der Waals surface area (Å²) in [4.78, 5) is 7.37. The van der Waals surface area contributed by atoms with Gasteiger partial charge in [-0.05, 0) is 30.9 Å². The Morgan fingerprint density at radius 3 is 3.00 bits per heavy atom. The van der Waals surface area contributed by atoms with E-state index in [0.29, 0.717) is 0 Å². The highest BCUT2D eigenvalue weighted by Crippen LogP contribution is 2.27. The maximum Gasteiger partial charge on any atom is 0.140 e. The lowest BCUT2D eigenvalue weighted by Gasteiger charge is -2.21. The van der Waals surface area contributed by atoms with Gasteiger partial charge in [0.1, 0.15) is 11.4 Å². The number of nitrogens with zero attached hydrogens (tertiary/aromatic N) is 1. The van der Waals surface area contributed by atoms with E-state index in [1.807, 2.05) is 18.3 Å². The van der Waals surface area contributed by atoms with Crippen molar-refractivity contribution in [3.63, 3.8) is 0 Å². The molecule has 3 nitrogen and oxygen atoms in total. The van der Waals surface area contributed by atoms with Crippen LogP contribution in [-0.4, -0.2) is 16.6 Å². The molecule has 2 aromatic rings. The molecule has 3 rings (SSSR count). The molecule has 0 radical (unpaired) electrons. The minimum Gasteiger partial charge on any atom is -0.492 e. The number of rotatable bonds is 3. The van der Waals surface area contributed by atoms with Gasteiger partial charge in [0.05, 0.1) is 12.0 Å². The van der Waals surface area contributed by atoms with Crippen molar-refractivity contribution < 1.29 is 4.74 Å². The standard InChI is InChI=1S/C14H18N2O/c1-2-4-11(5-3-1)10-17-13-7-9-16-14-12(13)6-8-15-14/h6-9,11H,1-5,10H2,(H,15,16). The zero-order valence-corrected chi connectivity index (χ0v) is 9.98. The van der Waals surface area contributed by atoms with Gasteiger partial charge < -0.3 is 9.72 Å². The van der Waals surface area contributed by atoms with Crippen molar-refractivity contribution in [2.24, 2.45) is 5.92 Å². The van der Waals surface area contributed by atoms with Gasteiger partial charge in [-0.15, -0.1) is 0 Å². The summed E-state index contributed by atoms with van der Waals surface area (Å²) in [5.74, 6) is 1.70. The summed E-state index contributed by atoms with van der Waals surface area (Å²) >= 11 is 0. The molecule has 0 saturated heterocycles. The fourth-order valence-corrected chi connectivity index (χ4v) is 2.62. The first-order valence-electron chi connectivity index (χ1n) is 6.48. The first kappa shape index (κ1) is 10.6. The summed E-state index contributed by atoms with van der Waals surface area (Å²) < 4.78 is 5.96. The van der Waals surface area contributed by atoms with E-state index in [1.165, 1.54) is 32.1 Å². The van der Waals surface area contributed by atoms with Gasteiger partial charge in [0, 0.05) is 12.4 Å². The molecule has 1 fully saturated rings. The molecule has 1 aliphatic carbocycles. The topological polar surface area (TPSA) is 37.9 Å². The molecule has 0 spiro atoms. The van der Waals surface area contributed by atoms with E-state index in [0.717, 1.165) is 29.3 Å². The first-order valence-corrected chi connectivity index (χ1v) is 6.48. The van der Waals surface area contributed by atoms with Crippen LogP contribution in [0.2, 0.25) is 0 Å². The molecule has 0 aromatic carbocycles. The minimum absolute atomic E-state index is 0.742. The minimum atomic E-state index is 0.742. The van der Waals surface area contributed by atoms with Crippen LogP contribution in [0, 0.1) is 5.92 Å². The van der Waals surface area contributed by atoms with E-state index in [4.69, 9.17) is 4.74 Å². The maximum absolute atomic E-state index is 5.96. The normalized spacial score (nSPS) is 17.4. The Labute approximate surface area is 101 Å². The Kier molecular flexibility index (Phi) is 2.99. The predicted molar refractivity (Wildman–Crippen MR) is 68.2 cm³/mol. The lowest BCUT2D eigenvalue weighted by Crippen LogP contribution is -2.15. The number of H-pyrrole nitrogens is 1. The van der Waals surface area contributed by atoms with Crippen molar-refractivity contribution in [1.29, 1.82) is 0 Å². The van der Waals surface area contributed by atoms with Crippen LogP contribution in [0.1, 0.15) is 32.1 Å². The van der Waals surface area contributed by atoms with Crippen LogP contribution in [-0.2, 0) is 0 Å². The van der Waals surface area contributed by atoms with Crippen molar-refractivity contribution in [3.05, 3.63) is 24.5 Å². The second-order valence-electron chi connectivity index (χ2n) is 4.86. The van der Waals surface area contributed by atoms with Crippen molar-refractivity contribution in [1.82, 2.24) is 9.97 Å². The Morgan fingerprint density at radius 2 is 2.12 bits per heavy atom. The number of nitrogens with one attached hydrogen (secondary N) is 1. The Morgan fingerprint density at radius 1 is 1.24 bits per heavy atom. The van der Waals surface area contributed by atoms with Crippen LogP contribution < -0.4 is 4.74 Å². The third kappa shape index (κ3) is 2.28. The number of pyridine rings is 1. The Hall–Kier alpha value is -1.51. The van der Waals surface area contributed by atoms with Gasteiger partial charge in [0.25, 0.3) is 0 Å². The molecule has 2 heterocycles. The highest BCUT2D eigenvalue weighted by Gasteiger charge is 2.14. The second-order valence-corrected chi connectivity index (χ2v) is 4.86. The second kappa shape index (κ2) is 4.78. The lowest BCUT2D eigenvalue weighted by atomic mass is 9.90. The summed E-state index contributed by atoms with van der Waals surface area (Å²) in [7, 11) is 0. The molecule has 1 N–H and O–H groups in total. The molecular weight excluding hydrogens is 212 g/mol. The third-order valence-corrected chi connectivity index (χ3v) is 3.62. The van der Waals surface area contributed by atoms with E-state index in [-0.39, 0.29) is 0 Å². The smallest absolute Gasteiger partial charge is 0.140 e. The zero-order valence-electron chi connectivity index (χ0n) is 9.98. The lowest BCUT2D eigenvalue weighted by molar-refractivity contribution is 0.210. The zero-order chi connectivity index (χ0) is 11.5. The van der Waals surface area contributed by atoms with Crippen LogP contribution in [0.15, 0.2) is 24.5 Å². The number of fused-ring (bicyclic) bond motifs is 1. The summed E-state index contributed by atoms with van der Waals surface area (Å²) in [6.45, 7) is 0.851. The Bertz CT molecular complexity index is 486. The SMILES string of the molecule is c1cc(OCC2CCCCC2)c2cc[nH]c2n1. The molecule has 1 aliphatic rings. The predicted octanol–water partition coefficient (Wildman–Crippen LogP) is 3.52. The van der Waals surface area contributed by atoms with Crippen molar-refractivity contribution in [2.75, 3.05) is 6.61 Å². The van der Waals surface area contributed by atoms with Gasteiger partial charge >= 0.3 is 0 Å². The molecule has 90 valence electrons. The van der Waals surface area contributed by atoms with Crippen molar-refractivity contribution in [2.45, 2.75) is 32.1 Å². The summed E-state index contributed by atoms with van der Waals surface area (Å²) in [6.07, 6.45) is 10.5. The first-order chi connectivity index (χ1) is 8.43. The van der Waals surface area contributed by atoms with E-state index in [2.05, 4.69) is 9.97 Å². The number of aromatic nitrogens is 2. The molecular formula is C14H18N2O.